The Morgan fingerprint density at radius 1 is 1.04 bits per heavy atom. The second-order valence-electron chi connectivity index (χ2n) is 6.20. The second-order valence-corrected chi connectivity index (χ2v) is 7.06. The lowest BCUT2D eigenvalue weighted by atomic mass is 10.1. The molecule has 6 nitrogen and oxygen atoms in total. The van der Waals surface area contributed by atoms with Crippen LogP contribution >= 0.6 is 11.8 Å². The number of aromatic nitrogens is 5. The highest BCUT2D eigenvalue weighted by Gasteiger charge is 2.16. The molecule has 0 bridgehead atoms. The van der Waals surface area contributed by atoms with E-state index in [1.807, 2.05) is 29.9 Å². The van der Waals surface area contributed by atoms with Crippen LogP contribution in [0.25, 0.3) is 17.2 Å². The number of hydrogen-bond acceptors (Lipinski definition) is 6. The largest absolute Gasteiger partial charge is 0.361 e. The Balaban J connectivity index is 2.11. The predicted octanol–water partition coefficient (Wildman–Crippen LogP) is 3.27. The summed E-state index contributed by atoms with van der Waals surface area (Å²) in [6.07, 6.45) is 5.55. The van der Waals surface area contributed by atoms with Crippen molar-refractivity contribution >= 4 is 17.6 Å². The van der Waals surface area contributed by atoms with Gasteiger partial charge in [0.15, 0.2) is 11.6 Å². The highest BCUT2D eigenvalue weighted by Crippen LogP contribution is 2.22. The van der Waals surface area contributed by atoms with Gasteiger partial charge >= 0.3 is 0 Å². The van der Waals surface area contributed by atoms with Gasteiger partial charge in [-0.3, -0.25) is 0 Å². The molecule has 0 saturated heterocycles. The number of rotatable bonds is 5. The van der Waals surface area contributed by atoms with Crippen LogP contribution in [-0.2, 0) is 5.75 Å². The third-order valence-corrected chi connectivity index (χ3v) is 4.25. The fraction of sp³-hybridized carbons (Fsp3) is 0.333. The summed E-state index contributed by atoms with van der Waals surface area (Å²) >= 11 is 1.70. The van der Waals surface area contributed by atoms with E-state index in [0.717, 1.165) is 23.1 Å². The first-order valence-corrected chi connectivity index (χ1v) is 9.40. The van der Waals surface area contributed by atoms with Crippen molar-refractivity contribution in [3.05, 3.63) is 47.5 Å². The summed E-state index contributed by atoms with van der Waals surface area (Å²) in [5, 5.41) is 4.69. The number of hydrogen-bond donors (Lipinski definition) is 0. The van der Waals surface area contributed by atoms with Gasteiger partial charge in [-0.25, -0.2) is 19.6 Å². The molecule has 2 heterocycles. The van der Waals surface area contributed by atoms with Crippen LogP contribution in [0.2, 0.25) is 0 Å². The molecule has 1 aromatic carbocycles. The molecule has 3 rings (SSSR count). The molecular weight excluding hydrogens is 332 g/mol. The lowest BCUT2D eigenvalue weighted by Gasteiger charge is -2.11. The average molecular weight is 354 g/mol. The molecule has 0 saturated carbocycles. The molecule has 0 atom stereocenters. The maximum Gasteiger partial charge on any atom is 0.183 e. The molecule has 0 amide bonds. The average Bonchev–Trinajstić information content (AvgIpc) is 2.98. The minimum absolute atomic E-state index is 0.713. The number of aryl methyl sites for hydroxylation is 2. The molecule has 0 radical (unpaired) electrons. The predicted molar refractivity (Wildman–Crippen MR) is 103 cm³/mol. The van der Waals surface area contributed by atoms with E-state index in [1.54, 1.807) is 24.2 Å². The summed E-state index contributed by atoms with van der Waals surface area (Å²) in [5.41, 5.74) is 4.09. The zero-order valence-electron chi connectivity index (χ0n) is 15.2. The number of thioether (sulfide) groups is 1. The Hall–Kier alpha value is -2.41. The van der Waals surface area contributed by atoms with E-state index in [2.05, 4.69) is 42.0 Å². The molecule has 25 heavy (non-hydrogen) atoms. The normalized spacial score (nSPS) is 10.9. The van der Waals surface area contributed by atoms with Gasteiger partial charge in [0.25, 0.3) is 0 Å². The van der Waals surface area contributed by atoms with Crippen LogP contribution in [0.15, 0.2) is 30.6 Å². The first-order valence-electron chi connectivity index (χ1n) is 8.01. The minimum Gasteiger partial charge on any atom is -0.361 e. The molecule has 3 aromatic rings. The Morgan fingerprint density at radius 2 is 1.76 bits per heavy atom. The first kappa shape index (κ1) is 17.4. The van der Waals surface area contributed by atoms with Gasteiger partial charge in [0.1, 0.15) is 11.5 Å². The summed E-state index contributed by atoms with van der Waals surface area (Å²) in [5.74, 6) is 3.08. The van der Waals surface area contributed by atoms with Crippen molar-refractivity contribution in [2.45, 2.75) is 19.6 Å². The van der Waals surface area contributed by atoms with Crippen molar-refractivity contribution in [1.82, 2.24) is 24.7 Å². The van der Waals surface area contributed by atoms with Crippen LogP contribution in [0.1, 0.15) is 17.0 Å². The quantitative estimate of drug-likeness (QED) is 0.701. The van der Waals surface area contributed by atoms with E-state index in [0.29, 0.717) is 11.5 Å². The Kier molecular flexibility index (Phi) is 5.03. The SMILES string of the molecule is CSCc1nc(-c2cnc(N(C)C)cn2)n(-c2cc(C)cc(C)c2)n1. The van der Waals surface area contributed by atoms with E-state index < -0.39 is 0 Å². The van der Waals surface area contributed by atoms with Crippen LogP contribution in [0.3, 0.4) is 0 Å². The van der Waals surface area contributed by atoms with Gasteiger partial charge in [0, 0.05) is 14.1 Å². The fourth-order valence-corrected chi connectivity index (χ4v) is 3.01. The summed E-state index contributed by atoms with van der Waals surface area (Å²) in [6, 6.07) is 6.36. The Bertz CT molecular complexity index is 850. The molecular formula is C18H22N6S. The van der Waals surface area contributed by atoms with E-state index >= 15 is 0 Å². The summed E-state index contributed by atoms with van der Waals surface area (Å²) in [4.78, 5) is 15.6. The van der Waals surface area contributed by atoms with Crippen molar-refractivity contribution in [3.8, 4) is 17.2 Å². The Morgan fingerprint density at radius 3 is 2.32 bits per heavy atom. The molecule has 2 aromatic heterocycles. The molecule has 0 aliphatic carbocycles. The van der Waals surface area contributed by atoms with Gasteiger partial charge in [-0.05, 0) is 43.4 Å². The highest BCUT2D eigenvalue weighted by molar-refractivity contribution is 7.97. The summed E-state index contributed by atoms with van der Waals surface area (Å²) in [7, 11) is 3.89. The van der Waals surface area contributed by atoms with Crippen molar-refractivity contribution in [1.29, 1.82) is 0 Å². The van der Waals surface area contributed by atoms with Crippen molar-refractivity contribution in [2.75, 3.05) is 25.3 Å². The molecule has 0 aliphatic rings. The van der Waals surface area contributed by atoms with E-state index in [9.17, 15) is 0 Å². The standard InChI is InChI=1S/C18H22N6S/c1-12-6-13(2)8-14(7-12)24-18(21-16(22-24)11-25-5)15-9-20-17(10-19-15)23(3)4/h6-10H,11H2,1-5H3. The minimum atomic E-state index is 0.713. The molecule has 130 valence electrons. The van der Waals surface area contributed by atoms with Gasteiger partial charge in [0.05, 0.1) is 23.8 Å². The maximum absolute atomic E-state index is 4.70. The van der Waals surface area contributed by atoms with Crippen molar-refractivity contribution in [3.63, 3.8) is 0 Å². The first-order chi connectivity index (χ1) is 12.0. The maximum atomic E-state index is 4.70. The van der Waals surface area contributed by atoms with Gasteiger partial charge in [-0.2, -0.15) is 11.8 Å². The smallest absolute Gasteiger partial charge is 0.183 e. The fourth-order valence-electron chi connectivity index (χ4n) is 2.63. The number of benzene rings is 1. The number of anilines is 1. The molecule has 0 unspecified atom stereocenters. The molecule has 0 N–H and O–H groups in total. The molecule has 0 fully saturated rings. The molecule has 0 spiro atoms. The van der Waals surface area contributed by atoms with Crippen LogP contribution in [0.4, 0.5) is 5.82 Å². The second kappa shape index (κ2) is 7.23. The van der Waals surface area contributed by atoms with E-state index in [1.165, 1.54) is 11.1 Å². The topological polar surface area (TPSA) is 59.7 Å². The van der Waals surface area contributed by atoms with E-state index in [4.69, 9.17) is 10.1 Å². The van der Waals surface area contributed by atoms with E-state index in [-0.39, 0.29) is 0 Å². The molecule has 7 heteroatoms. The lowest BCUT2D eigenvalue weighted by Crippen LogP contribution is -2.11. The third-order valence-electron chi connectivity index (χ3n) is 3.70. The van der Waals surface area contributed by atoms with Crippen LogP contribution in [0, 0.1) is 13.8 Å². The van der Waals surface area contributed by atoms with Crippen LogP contribution in [0.5, 0.6) is 0 Å². The Labute approximate surface area is 152 Å². The van der Waals surface area contributed by atoms with Gasteiger partial charge in [0.2, 0.25) is 0 Å². The zero-order valence-corrected chi connectivity index (χ0v) is 16.0. The molecule has 0 aliphatic heterocycles. The van der Waals surface area contributed by atoms with Gasteiger partial charge in [-0.1, -0.05) is 6.07 Å². The van der Waals surface area contributed by atoms with Gasteiger partial charge in [-0.15, -0.1) is 5.10 Å². The summed E-state index contributed by atoms with van der Waals surface area (Å²) in [6.45, 7) is 4.17. The van der Waals surface area contributed by atoms with Gasteiger partial charge < -0.3 is 4.90 Å². The van der Waals surface area contributed by atoms with Crippen LogP contribution in [-0.4, -0.2) is 45.1 Å². The van der Waals surface area contributed by atoms with Crippen LogP contribution < -0.4 is 4.90 Å². The van der Waals surface area contributed by atoms with Crippen molar-refractivity contribution in [2.24, 2.45) is 0 Å². The lowest BCUT2D eigenvalue weighted by molar-refractivity contribution is 0.859. The number of nitrogens with zero attached hydrogens (tertiary/aromatic N) is 6. The van der Waals surface area contributed by atoms with Crippen molar-refractivity contribution < 1.29 is 0 Å². The summed E-state index contributed by atoms with van der Waals surface area (Å²) < 4.78 is 1.87. The zero-order chi connectivity index (χ0) is 18.0. The highest BCUT2D eigenvalue weighted by atomic mass is 32.2. The monoisotopic (exact) mass is 354 g/mol. The third kappa shape index (κ3) is 3.82.